The summed E-state index contributed by atoms with van der Waals surface area (Å²) in [6.45, 7) is 5.48. The fourth-order valence-corrected chi connectivity index (χ4v) is 1.45. The van der Waals surface area contributed by atoms with Gasteiger partial charge in [-0.2, -0.15) is 5.26 Å². The molecule has 0 amide bonds. The molecule has 0 spiro atoms. The van der Waals surface area contributed by atoms with E-state index >= 15 is 0 Å². The molecule has 16 heavy (non-hydrogen) atoms. The number of likely N-dealkylation sites (N-methyl/N-ethyl adjacent to an activating group) is 1. The minimum absolute atomic E-state index is 0.0445. The summed E-state index contributed by atoms with van der Waals surface area (Å²) in [6, 6.07) is 5.51. The molecule has 0 saturated heterocycles. The molecule has 0 bridgehead atoms. The van der Waals surface area contributed by atoms with Gasteiger partial charge in [-0.1, -0.05) is 6.92 Å². The molecule has 1 heterocycles. The molecule has 0 saturated carbocycles. The number of furan rings is 1. The highest BCUT2D eigenvalue weighted by Crippen LogP contribution is 2.05. The molecular formula is C12H16N2O2. The summed E-state index contributed by atoms with van der Waals surface area (Å²) < 4.78 is 5.03. The SMILES string of the molecule is CCN(CC(=O)c1ccco1)CC(C)C#N. The fourth-order valence-electron chi connectivity index (χ4n) is 1.45. The van der Waals surface area contributed by atoms with Crippen molar-refractivity contribution in [3.05, 3.63) is 24.2 Å². The van der Waals surface area contributed by atoms with Crippen LogP contribution in [0, 0.1) is 17.2 Å². The van der Waals surface area contributed by atoms with Crippen molar-refractivity contribution in [3.63, 3.8) is 0 Å². The van der Waals surface area contributed by atoms with Crippen LogP contribution in [0.1, 0.15) is 24.4 Å². The first kappa shape index (κ1) is 12.5. The molecule has 0 aliphatic rings. The molecule has 0 radical (unpaired) electrons. The van der Waals surface area contributed by atoms with Gasteiger partial charge in [0.25, 0.3) is 0 Å². The van der Waals surface area contributed by atoms with Crippen LogP contribution < -0.4 is 0 Å². The van der Waals surface area contributed by atoms with Crippen LogP contribution in [0.25, 0.3) is 0 Å². The highest BCUT2D eigenvalue weighted by atomic mass is 16.3. The predicted molar refractivity (Wildman–Crippen MR) is 59.9 cm³/mol. The number of rotatable bonds is 6. The number of hydrogen-bond acceptors (Lipinski definition) is 4. The Kier molecular flexibility index (Phi) is 4.74. The van der Waals surface area contributed by atoms with Crippen LogP contribution in [-0.2, 0) is 0 Å². The molecule has 1 aromatic heterocycles. The van der Waals surface area contributed by atoms with Gasteiger partial charge >= 0.3 is 0 Å². The second-order valence-electron chi connectivity index (χ2n) is 3.76. The van der Waals surface area contributed by atoms with E-state index in [1.54, 1.807) is 12.1 Å². The van der Waals surface area contributed by atoms with Crippen molar-refractivity contribution >= 4 is 5.78 Å². The summed E-state index contributed by atoms with van der Waals surface area (Å²) in [5.41, 5.74) is 0. The van der Waals surface area contributed by atoms with E-state index in [-0.39, 0.29) is 11.7 Å². The Morgan fingerprint density at radius 1 is 1.69 bits per heavy atom. The predicted octanol–water partition coefficient (Wildman–Crippen LogP) is 1.94. The molecule has 4 nitrogen and oxygen atoms in total. The van der Waals surface area contributed by atoms with E-state index < -0.39 is 0 Å². The summed E-state index contributed by atoms with van der Waals surface area (Å²) >= 11 is 0. The van der Waals surface area contributed by atoms with Crippen LogP contribution in [-0.4, -0.2) is 30.3 Å². The van der Waals surface area contributed by atoms with Crippen LogP contribution in [0.3, 0.4) is 0 Å². The second-order valence-corrected chi connectivity index (χ2v) is 3.76. The maximum atomic E-state index is 11.7. The van der Waals surface area contributed by atoms with Gasteiger partial charge in [0.2, 0.25) is 5.78 Å². The zero-order valence-electron chi connectivity index (χ0n) is 9.64. The lowest BCUT2D eigenvalue weighted by atomic mass is 10.2. The standard InChI is InChI=1S/C12H16N2O2/c1-3-14(8-10(2)7-13)9-11(15)12-5-4-6-16-12/h4-6,10H,3,8-9H2,1-2H3. The Morgan fingerprint density at radius 2 is 2.44 bits per heavy atom. The highest BCUT2D eigenvalue weighted by Gasteiger charge is 2.15. The maximum Gasteiger partial charge on any atom is 0.211 e. The van der Waals surface area contributed by atoms with Crippen molar-refractivity contribution in [2.75, 3.05) is 19.6 Å². The molecule has 1 aromatic rings. The third-order valence-electron chi connectivity index (χ3n) is 2.36. The van der Waals surface area contributed by atoms with Gasteiger partial charge in [0, 0.05) is 6.54 Å². The minimum atomic E-state index is -0.0654. The molecule has 0 N–H and O–H groups in total. The molecule has 1 atom stereocenters. The average Bonchev–Trinajstić information content (AvgIpc) is 2.81. The Labute approximate surface area is 95.5 Å². The Hall–Kier alpha value is -1.60. The van der Waals surface area contributed by atoms with E-state index in [1.807, 2.05) is 18.7 Å². The van der Waals surface area contributed by atoms with Gasteiger partial charge in [-0.15, -0.1) is 0 Å². The number of carbonyl (C=O) groups excluding carboxylic acids is 1. The molecule has 1 unspecified atom stereocenters. The smallest absolute Gasteiger partial charge is 0.211 e. The number of ketones is 1. The molecule has 0 aliphatic carbocycles. The van der Waals surface area contributed by atoms with E-state index in [4.69, 9.17) is 9.68 Å². The first-order chi connectivity index (χ1) is 7.67. The van der Waals surface area contributed by atoms with Crippen LogP contribution >= 0.6 is 0 Å². The summed E-state index contributed by atoms with van der Waals surface area (Å²) in [4.78, 5) is 13.7. The van der Waals surface area contributed by atoms with Gasteiger partial charge in [0.15, 0.2) is 5.76 Å². The second kappa shape index (κ2) is 6.09. The van der Waals surface area contributed by atoms with Gasteiger partial charge in [-0.3, -0.25) is 9.69 Å². The number of nitriles is 1. The van der Waals surface area contributed by atoms with E-state index in [0.717, 1.165) is 6.54 Å². The fraction of sp³-hybridized carbons (Fsp3) is 0.500. The quantitative estimate of drug-likeness (QED) is 0.687. The first-order valence-electron chi connectivity index (χ1n) is 5.36. The molecule has 1 rings (SSSR count). The monoisotopic (exact) mass is 220 g/mol. The third-order valence-corrected chi connectivity index (χ3v) is 2.36. The summed E-state index contributed by atoms with van der Waals surface area (Å²) in [7, 11) is 0. The van der Waals surface area contributed by atoms with E-state index in [1.165, 1.54) is 6.26 Å². The van der Waals surface area contributed by atoms with Crippen LogP contribution in [0.5, 0.6) is 0 Å². The summed E-state index contributed by atoms with van der Waals surface area (Å²) in [6.07, 6.45) is 1.49. The van der Waals surface area contributed by atoms with Crippen LogP contribution in [0.15, 0.2) is 22.8 Å². The van der Waals surface area contributed by atoms with Crippen LogP contribution in [0.4, 0.5) is 0 Å². The lowest BCUT2D eigenvalue weighted by Crippen LogP contribution is -2.33. The number of carbonyl (C=O) groups is 1. The molecule has 86 valence electrons. The molecule has 0 aliphatic heterocycles. The zero-order valence-corrected chi connectivity index (χ0v) is 9.64. The van der Waals surface area contributed by atoms with Gasteiger partial charge in [-0.25, -0.2) is 0 Å². The number of nitrogens with zero attached hydrogens (tertiary/aromatic N) is 2. The first-order valence-corrected chi connectivity index (χ1v) is 5.36. The van der Waals surface area contributed by atoms with Crippen molar-refractivity contribution in [2.24, 2.45) is 5.92 Å². The lowest BCUT2D eigenvalue weighted by Gasteiger charge is -2.19. The number of hydrogen-bond donors (Lipinski definition) is 0. The topological polar surface area (TPSA) is 57.2 Å². The van der Waals surface area contributed by atoms with Gasteiger partial charge in [0.05, 0.1) is 24.8 Å². The van der Waals surface area contributed by atoms with Gasteiger partial charge in [0.1, 0.15) is 0 Å². The Bertz CT molecular complexity index is 365. The average molecular weight is 220 g/mol. The van der Waals surface area contributed by atoms with Gasteiger partial charge in [-0.05, 0) is 25.6 Å². The summed E-state index contributed by atoms with van der Waals surface area (Å²) in [5, 5.41) is 8.72. The number of Topliss-reactive ketones (excluding diaryl/α,β-unsaturated/α-hetero) is 1. The van der Waals surface area contributed by atoms with Crippen molar-refractivity contribution in [2.45, 2.75) is 13.8 Å². The van der Waals surface area contributed by atoms with Crippen molar-refractivity contribution < 1.29 is 9.21 Å². The van der Waals surface area contributed by atoms with E-state index in [2.05, 4.69) is 6.07 Å². The minimum Gasteiger partial charge on any atom is -0.461 e. The maximum absolute atomic E-state index is 11.7. The zero-order chi connectivity index (χ0) is 12.0. The summed E-state index contributed by atoms with van der Waals surface area (Å²) in [5.74, 6) is 0.268. The van der Waals surface area contributed by atoms with E-state index in [0.29, 0.717) is 18.8 Å². The Morgan fingerprint density at radius 3 is 2.94 bits per heavy atom. The largest absolute Gasteiger partial charge is 0.461 e. The molecular weight excluding hydrogens is 204 g/mol. The normalized spacial score (nSPS) is 12.4. The molecule has 0 fully saturated rings. The Balaban J connectivity index is 2.51. The third kappa shape index (κ3) is 3.52. The van der Waals surface area contributed by atoms with Crippen LogP contribution in [0.2, 0.25) is 0 Å². The molecule has 4 heteroatoms. The molecule has 0 aromatic carbocycles. The van der Waals surface area contributed by atoms with Crippen molar-refractivity contribution in [3.8, 4) is 6.07 Å². The van der Waals surface area contributed by atoms with E-state index in [9.17, 15) is 4.79 Å². The van der Waals surface area contributed by atoms with Gasteiger partial charge < -0.3 is 4.42 Å². The highest BCUT2D eigenvalue weighted by molar-refractivity contribution is 5.94. The van der Waals surface area contributed by atoms with Crippen molar-refractivity contribution in [1.29, 1.82) is 5.26 Å². The van der Waals surface area contributed by atoms with Crippen molar-refractivity contribution in [1.82, 2.24) is 4.90 Å². The lowest BCUT2D eigenvalue weighted by molar-refractivity contribution is 0.0902.